The Kier molecular flexibility index (Phi) is 7.24. The summed E-state index contributed by atoms with van der Waals surface area (Å²) in [6.07, 6.45) is 2.02. The monoisotopic (exact) mass is 527 g/mol. The predicted octanol–water partition coefficient (Wildman–Crippen LogP) is 3.48. The van der Waals surface area contributed by atoms with Gasteiger partial charge in [-0.25, -0.2) is 4.99 Å². The normalized spacial score (nSPS) is 19.5. The number of hydrogen-bond donors (Lipinski definition) is 1. The molecule has 0 aliphatic carbocycles. The number of benzene rings is 2. The lowest BCUT2D eigenvalue weighted by Gasteiger charge is -2.34. The Morgan fingerprint density at radius 3 is 2.28 bits per heavy atom. The van der Waals surface area contributed by atoms with Crippen molar-refractivity contribution in [2.45, 2.75) is 32.4 Å². The average Bonchev–Trinajstić information content (AvgIpc) is 3.57. The van der Waals surface area contributed by atoms with Crippen LogP contribution in [-0.4, -0.2) is 64.6 Å². The lowest BCUT2D eigenvalue weighted by molar-refractivity contribution is -0.132. The van der Waals surface area contributed by atoms with Gasteiger partial charge >= 0.3 is 0 Å². The van der Waals surface area contributed by atoms with Gasteiger partial charge in [-0.15, -0.1) is 0 Å². The molecule has 9 heteroatoms. The summed E-state index contributed by atoms with van der Waals surface area (Å²) < 4.78 is 5.21. The topological polar surface area (TPSA) is 112 Å². The van der Waals surface area contributed by atoms with Crippen LogP contribution in [0.5, 0.6) is 0 Å². The van der Waals surface area contributed by atoms with Gasteiger partial charge in [0.25, 0.3) is 17.7 Å². The zero-order valence-corrected chi connectivity index (χ0v) is 22.2. The van der Waals surface area contributed by atoms with E-state index in [1.54, 1.807) is 34.1 Å². The third kappa shape index (κ3) is 5.16. The Balaban J connectivity index is 1.28. The molecule has 1 saturated heterocycles. The van der Waals surface area contributed by atoms with E-state index < -0.39 is 5.54 Å². The summed E-state index contributed by atoms with van der Waals surface area (Å²) in [5.41, 5.74) is 7.41. The molecule has 1 unspecified atom stereocenters. The summed E-state index contributed by atoms with van der Waals surface area (Å²) >= 11 is 0. The maximum absolute atomic E-state index is 13.8. The molecule has 0 radical (unpaired) electrons. The minimum Gasteiger partial charge on any atom is -0.459 e. The Labute approximate surface area is 227 Å². The molecular formula is C30H33N5O4. The van der Waals surface area contributed by atoms with E-state index in [0.29, 0.717) is 43.9 Å². The fourth-order valence-corrected chi connectivity index (χ4v) is 5.36. The molecule has 5 rings (SSSR count). The van der Waals surface area contributed by atoms with E-state index in [1.807, 2.05) is 42.5 Å². The lowest BCUT2D eigenvalue weighted by atomic mass is 9.82. The highest BCUT2D eigenvalue weighted by atomic mass is 16.3. The fraction of sp³-hybridized carbons (Fsp3) is 0.333. The SMILES string of the molecule is CC(C)CC1(c2ccccc2)N=C(N)N(Cc2cccc(C(=O)N3CCN(C(=O)c4ccco4)CC3)c2)C1=O. The summed E-state index contributed by atoms with van der Waals surface area (Å²) in [5.74, 6) is 0.253. The first-order chi connectivity index (χ1) is 18.8. The first-order valence-electron chi connectivity index (χ1n) is 13.2. The lowest BCUT2D eigenvalue weighted by Crippen LogP contribution is -2.50. The first-order valence-corrected chi connectivity index (χ1v) is 13.2. The first kappa shape index (κ1) is 26.2. The highest BCUT2D eigenvalue weighted by Crippen LogP contribution is 2.39. The largest absolute Gasteiger partial charge is 0.459 e. The van der Waals surface area contributed by atoms with Gasteiger partial charge in [0.2, 0.25) is 0 Å². The van der Waals surface area contributed by atoms with Crippen molar-refractivity contribution in [3.8, 4) is 0 Å². The van der Waals surface area contributed by atoms with Gasteiger partial charge in [0.15, 0.2) is 17.3 Å². The second-order valence-electron chi connectivity index (χ2n) is 10.4. The van der Waals surface area contributed by atoms with Crippen LogP contribution in [0.2, 0.25) is 0 Å². The number of piperazine rings is 1. The van der Waals surface area contributed by atoms with E-state index >= 15 is 0 Å². The van der Waals surface area contributed by atoms with Gasteiger partial charge < -0.3 is 20.0 Å². The van der Waals surface area contributed by atoms with E-state index in [2.05, 4.69) is 13.8 Å². The van der Waals surface area contributed by atoms with Crippen molar-refractivity contribution in [2.24, 2.45) is 16.6 Å². The molecule has 2 aromatic carbocycles. The molecule has 2 N–H and O–H groups in total. The van der Waals surface area contributed by atoms with Crippen molar-refractivity contribution in [1.82, 2.24) is 14.7 Å². The summed E-state index contributed by atoms with van der Waals surface area (Å²) in [6, 6.07) is 20.1. The van der Waals surface area contributed by atoms with Crippen molar-refractivity contribution < 1.29 is 18.8 Å². The maximum Gasteiger partial charge on any atom is 0.289 e. The molecule has 3 amide bonds. The summed E-state index contributed by atoms with van der Waals surface area (Å²) in [7, 11) is 0. The number of amides is 3. The number of furan rings is 1. The molecule has 39 heavy (non-hydrogen) atoms. The van der Waals surface area contributed by atoms with Crippen molar-refractivity contribution in [2.75, 3.05) is 26.2 Å². The van der Waals surface area contributed by atoms with Crippen molar-refractivity contribution in [3.05, 3.63) is 95.4 Å². The number of guanidine groups is 1. The van der Waals surface area contributed by atoms with Gasteiger partial charge in [-0.3, -0.25) is 19.3 Å². The zero-order chi connectivity index (χ0) is 27.6. The molecule has 0 spiro atoms. The molecule has 0 saturated carbocycles. The predicted molar refractivity (Wildman–Crippen MR) is 147 cm³/mol. The van der Waals surface area contributed by atoms with Gasteiger partial charge in [0, 0.05) is 31.7 Å². The minimum absolute atomic E-state index is 0.116. The molecule has 3 aromatic rings. The van der Waals surface area contributed by atoms with Crippen LogP contribution in [-0.2, 0) is 16.9 Å². The Morgan fingerprint density at radius 2 is 1.64 bits per heavy atom. The van der Waals surface area contributed by atoms with E-state index in [1.165, 1.54) is 11.2 Å². The van der Waals surface area contributed by atoms with Crippen LogP contribution in [0.4, 0.5) is 0 Å². The summed E-state index contributed by atoms with van der Waals surface area (Å²) in [6.45, 7) is 6.05. The van der Waals surface area contributed by atoms with Crippen LogP contribution in [0.25, 0.3) is 0 Å². The van der Waals surface area contributed by atoms with Crippen LogP contribution in [0.3, 0.4) is 0 Å². The molecule has 202 valence electrons. The van der Waals surface area contributed by atoms with E-state index in [-0.39, 0.29) is 36.1 Å². The van der Waals surface area contributed by atoms with Gasteiger partial charge in [-0.1, -0.05) is 56.3 Å². The van der Waals surface area contributed by atoms with E-state index in [4.69, 9.17) is 15.1 Å². The number of carbonyl (C=O) groups is 3. The van der Waals surface area contributed by atoms with Crippen LogP contribution >= 0.6 is 0 Å². The maximum atomic E-state index is 13.8. The average molecular weight is 528 g/mol. The standard InChI is InChI=1S/C30H33N5O4/c1-21(2)19-30(24-10-4-3-5-11-24)28(38)35(29(31)32-30)20-22-8-6-9-23(18-22)26(36)33-13-15-34(16-14-33)27(37)25-12-7-17-39-25/h3-12,17-18,21H,13-16,19-20H2,1-2H3,(H2,31,32). The van der Waals surface area contributed by atoms with Crippen LogP contribution in [0.15, 0.2) is 82.4 Å². The molecule has 3 heterocycles. The van der Waals surface area contributed by atoms with Crippen LogP contribution in [0.1, 0.15) is 52.3 Å². The number of hydrogen-bond acceptors (Lipinski definition) is 6. The van der Waals surface area contributed by atoms with Crippen molar-refractivity contribution in [1.29, 1.82) is 0 Å². The summed E-state index contributed by atoms with van der Waals surface area (Å²) in [5, 5.41) is 0. The van der Waals surface area contributed by atoms with Crippen molar-refractivity contribution in [3.63, 3.8) is 0 Å². The molecule has 1 fully saturated rings. The Morgan fingerprint density at radius 1 is 0.949 bits per heavy atom. The number of nitrogens with two attached hydrogens (primary N) is 1. The molecular weight excluding hydrogens is 494 g/mol. The third-order valence-corrected chi connectivity index (χ3v) is 7.24. The third-order valence-electron chi connectivity index (χ3n) is 7.24. The van der Waals surface area contributed by atoms with Gasteiger partial charge in [0.05, 0.1) is 12.8 Å². The molecule has 0 bridgehead atoms. The fourth-order valence-electron chi connectivity index (χ4n) is 5.36. The highest BCUT2D eigenvalue weighted by molar-refractivity contribution is 6.07. The molecule has 1 atom stereocenters. The molecule has 2 aliphatic rings. The number of carbonyl (C=O) groups excluding carboxylic acids is 3. The second kappa shape index (κ2) is 10.8. The van der Waals surface area contributed by atoms with E-state index in [9.17, 15) is 14.4 Å². The highest BCUT2D eigenvalue weighted by Gasteiger charge is 2.49. The van der Waals surface area contributed by atoms with Gasteiger partial charge in [-0.2, -0.15) is 0 Å². The second-order valence-corrected chi connectivity index (χ2v) is 10.4. The number of rotatable bonds is 7. The Bertz CT molecular complexity index is 1380. The number of aliphatic imine (C=N–C) groups is 1. The quantitative estimate of drug-likeness (QED) is 0.506. The molecule has 2 aliphatic heterocycles. The van der Waals surface area contributed by atoms with Crippen LogP contribution in [0, 0.1) is 5.92 Å². The van der Waals surface area contributed by atoms with Gasteiger partial charge in [0.1, 0.15) is 0 Å². The van der Waals surface area contributed by atoms with Crippen molar-refractivity contribution >= 4 is 23.7 Å². The Hall–Kier alpha value is -4.40. The van der Waals surface area contributed by atoms with Crippen LogP contribution < -0.4 is 5.73 Å². The minimum atomic E-state index is -1.06. The summed E-state index contributed by atoms with van der Waals surface area (Å²) in [4.78, 5) is 49.3. The van der Waals surface area contributed by atoms with Gasteiger partial charge in [-0.05, 0) is 47.7 Å². The van der Waals surface area contributed by atoms with E-state index in [0.717, 1.165) is 11.1 Å². The zero-order valence-electron chi connectivity index (χ0n) is 22.2. The number of nitrogens with zero attached hydrogens (tertiary/aromatic N) is 4. The molecule has 1 aromatic heterocycles. The molecule has 9 nitrogen and oxygen atoms in total. The smallest absolute Gasteiger partial charge is 0.289 e.